The number of halogens is 1. The zero-order valence-corrected chi connectivity index (χ0v) is 21.3. The number of rotatable bonds is 8. The van der Waals surface area contributed by atoms with E-state index in [-0.39, 0.29) is 24.8 Å². The first-order valence-corrected chi connectivity index (χ1v) is 12.7. The van der Waals surface area contributed by atoms with Gasteiger partial charge in [0.05, 0.1) is 12.0 Å². The summed E-state index contributed by atoms with van der Waals surface area (Å²) in [6, 6.07) is 15.1. The molecule has 0 spiro atoms. The van der Waals surface area contributed by atoms with Crippen molar-refractivity contribution in [2.45, 2.75) is 12.8 Å². The van der Waals surface area contributed by atoms with E-state index in [1.54, 1.807) is 19.4 Å². The van der Waals surface area contributed by atoms with E-state index in [0.29, 0.717) is 31.6 Å². The molecular formula is C24H20ClN3O3S3. The lowest BCUT2D eigenvalue weighted by atomic mass is 10.1. The van der Waals surface area contributed by atoms with Gasteiger partial charge >= 0.3 is 0 Å². The number of thiazole rings is 1. The van der Waals surface area contributed by atoms with Crippen LogP contribution in [0.4, 0.5) is 5.13 Å². The van der Waals surface area contributed by atoms with Gasteiger partial charge in [0.25, 0.3) is 5.91 Å². The van der Waals surface area contributed by atoms with E-state index >= 15 is 0 Å². The van der Waals surface area contributed by atoms with Crippen LogP contribution in [0, 0.1) is 0 Å². The minimum absolute atomic E-state index is 0.112. The summed E-state index contributed by atoms with van der Waals surface area (Å²) in [7, 11) is 1.58. The second-order valence-corrected chi connectivity index (χ2v) is 10.5. The minimum atomic E-state index is -0.227. The number of hydrogen-bond donors (Lipinski definition) is 1. The molecule has 10 heteroatoms. The average Bonchev–Trinajstić information content (AvgIpc) is 3.37. The standard InChI is InChI=1S/C24H20ClN3O3S3/c1-31-19-5-3-2-4-16(19)13-20-22(30)28(24(32)34-20)11-10-21(29)27-23-26-14-18(33-23)12-15-6-8-17(25)9-7-15/h2-9,13-14H,10-12H2,1H3,(H,26,27,29). The normalized spacial score (nSPS) is 14.6. The van der Waals surface area contributed by atoms with Crippen LogP contribution in [0.5, 0.6) is 5.75 Å². The van der Waals surface area contributed by atoms with Gasteiger partial charge in [-0.25, -0.2) is 4.98 Å². The van der Waals surface area contributed by atoms with Crippen LogP contribution in [0.2, 0.25) is 5.02 Å². The highest BCUT2D eigenvalue weighted by atomic mass is 35.5. The number of ether oxygens (including phenoxy) is 1. The second kappa shape index (κ2) is 11.1. The molecule has 34 heavy (non-hydrogen) atoms. The van der Waals surface area contributed by atoms with Crippen LogP contribution < -0.4 is 10.1 Å². The van der Waals surface area contributed by atoms with Gasteiger partial charge in [-0.05, 0) is 29.8 Å². The molecule has 174 valence electrons. The maximum Gasteiger partial charge on any atom is 0.266 e. The monoisotopic (exact) mass is 529 g/mol. The van der Waals surface area contributed by atoms with Gasteiger partial charge in [-0.3, -0.25) is 14.5 Å². The molecule has 2 heterocycles. The first kappa shape index (κ1) is 24.4. The number of thioether (sulfide) groups is 1. The number of para-hydroxylation sites is 1. The Kier molecular flexibility index (Phi) is 7.99. The molecule has 1 N–H and O–H groups in total. The van der Waals surface area contributed by atoms with Crippen LogP contribution in [0.25, 0.3) is 6.08 Å². The van der Waals surface area contributed by atoms with E-state index < -0.39 is 0 Å². The molecule has 0 atom stereocenters. The zero-order valence-electron chi connectivity index (χ0n) is 18.1. The van der Waals surface area contributed by atoms with Gasteiger partial charge in [0.2, 0.25) is 5.91 Å². The number of nitrogens with one attached hydrogen (secondary N) is 1. The lowest BCUT2D eigenvalue weighted by molar-refractivity contribution is -0.122. The highest BCUT2D eigenvalue weighted by molar-refractivity contribution is 8.26. The van der Waals surface area contributed by atoms with Crippen molar-refractivity contribution in [1.29, 1.82) is 0 Å². The number of anilines is 1. The Morgan fingerprint density at radius 2 is 2.00 bits per heavy atom. The van der Waals surface area contributed by atoms with Crippen LogP contribution in [0.15, 0.2) is 59.6 Å². The molecule has 1 aliphatic heterocycles. The maximum absolute atomic E-state index is 12.8. The first-order valence-electron chi connectivity index (χ1n) is 10.3. The number of thiocarbonyl (C=S) groups is 1. The summed E-state index contributed by atoms with van der Waals surface area (Å²) in [5, 5.41) is 4.02. The molecule has 1 saturated heterocycles. The third-order valence-electron chi connectivity index (χ3n) is 4.95. The summed E-state index contributed by atoms with van der Waals surface area (Å²) in [5.41, 5.74) is 1.91. The quantitative estimate of drug-likeness (QED) is 0.301. The van der Waals surface area contributed by atoms with Gasteiger partial charge in [0, 0.05) is 41.0 Å². The van der Waals surface area contributed by atoms with E-state index in [9.17, 15) is 9.59 Å². The van der Waals surface area contributed by atoms with Crippen LogP contribution >= 0.6 is 46.9 Å². The fourth-order valence-electron chi connectivity index (χ4n) is 3.27. The average molecular weight is 530 g/mol. The van der Waals surface area contributed by atoms with Gasteiger partial charge in [-0.1, -0.05) is 65.9 Å². The van der Waals surface area contributed by atoms with Crippen molar-refractivity contribution in [2.75, 3.05) is 19.0 Å². The summed E-state index contributed by atoms with van der Waals surface area (Å²) in [4.78, 5) is 32.6. The van der Waals surface area contributed by atoms with Gasteiger partial charge in [-0.15, -0.1) is 11.3 Å². The number of nitrogens with zero attached hydrogens (tertiary/aromatic N) is 2. The zero-order chi connectivity index (χ0) is 24.1. The van der Waals surface area contributed by atoms with Crippen molar-refractivity contribution in [3.8, 4) is 5.75 Å². The van der Waals surface area contributed by atoms with Crippen LogP contribution in [-0.2, 0) is 16.0 Å². The Labute approximate surface area is 216 Å². The van der Waals surface area contributed by atoms with Crippen LogP contribution in [-0.4, -0.2) is 39.7 Å². The van der Waals surface area contributed by atoms with Crippen molar-refractivity contribution in [1.82, 2.24) is 9.88 Å². The van der Waals surface area contributed by atoms with E-state index in [1.165, 1.54) is 28.0 Å². The third-order valence-corrected chi connectivity index (χ3v) is 7.50. The van der Waals surface area contributed by atoms with Crippen molar-refractivity contribution in [2.24, 2.45) is 0 Å². The molecule has 1 aliphatic rings. The minimum Gasteiger partial charge on any atom is -0.496 e. The lowest BCUT2D eigenvalue weighted by Crippen LogP contribution is -2.31. The lowest BCUT2D eigenvalue weighted by Gasteiger charge is -2.13. The van der Waals surface area contributed by atoms with Gasteiger partial charge in [0.15, 0.2) is 5.13 Å². The van der Waals surface area contributed by atoms with Crippen molar-refractivity contribution >= 4 is 74.3 Å². The molecule has 2 aromatic carbocycles. The molecular weight excluding hydrogens is 510 g/mol. The summed E-state index contributed by atoms with van der Waals surface area (Å²) in [6.07, 6.45) is 4.33. The highest BCUT2D eigenvalue weighted by Crippen LogP contribution is 2.34. The molecule has 0 aliphatic carbocycles. The van der Waals surface area contributed by atoms with Gasteiger partial charge in [-0.2, -0.15) is 0 Å². The predicted octanol–water partition coefficient (Wildman–Crippen LogP) is 5.63. The maximum atomic E-state index is 12.8. The Hall–Kier alpha value is -2.72. The number of methoxy groups -OCH3 is 1. The summed E-state index contributed by atoms with van der Waals surface area (Å²) < 4.78 is 5.77. The van der Waals surface area contributed by atoms with E-state index in [1.807, 2.05) is 48.5 Å². The fourth-order valence-corrected chi connectivity index (χ4v) is 5.55. The predicted molar refractivity (Wildman–Crippen MR) is 142 cm³/mol. The van der Waals surface area contributed by atoms with Gasteiger partial charge < -0.3 is 10.1 Å². The number of hydrogen-bond acceptors (Lipinski definition) is 7. The van der Waals surface area contributed by atoms with Crippen molar-refractivity contribution in [3.05, 3.63) is 80.7 Å². The number of carbonyl (C=O) groups excluding carboxylic acids is 2. The van der Waals surface area contributed by atoms with E-state index in [2.05, 4.69) is 10.3 Å². The van der Waals surface area contributed by atoms with Crippen LogP contribution in [0.1, 0.15) is 22.4 Å². The summed E-state index contributed by atoms with van der Waals surface area (Å²) in [5.74, 6) is 0.231. The third kappa shape index (κ3) is 6.04. The molecule has 0 bridgehead atoms. The largest absolute Gasteiger partial charge is 0.496 e. The van der Waals surface area contributed by atoms with Crippen LogP contribution in [0.3, 0.4) is 0 Å². The molecule has 0 radical (unpaired) electrons. The van der Waals surface area contributed by atoms with E-state index in [4.69, 9.17) is 28.6 Å². The smallest absolute Gasteiger partial charge is 0.266 e. The Bertz CT molecular complexity index is 1260. The molecule has 2 amide bonds. The van der Waals surface area contributed by atoms with Crippen molar-refractivity contribution in [3.63, 3.8) is 0 Å². The molecule has 0 unspecified atom stereocenters. The van der Waals surface area contributed by atoms with E-state index in [0.717, 1.165) is 16.0 Å². The Morgan fingerprint density at radius 3 is 2.76 bits per heavy atom. The summed E-state index contributed by atoms with van der Waals surface area (Å²) in [6.45, 7) is 0.197. The van der Waals surface area contributed by atoms with Crippen molar-refractivity contribution < 1.29 is 14.3 Å². The molecule has 1 aromatic heterocycles. The molecule has 0 saturated carbocycles. The number of aromatic nitrogens is 1. The molecule has 1 fully saturated rings. The Morgan fingerprint density at radius 1 is 1.24 bits per heavy atom. The number of carbonyl (C=O) groups is 2. The summed E-state index contributed by atoms with van der Waals surface area (Å²) >= 11 is 13.9. The highest BCUT2D eigenvalue weighted by Gasteiger charge is 2.32. The Balaban J connectivity index is 1.32. The first-order chi connectivity index (χ1) is 16.4. The number of amides is 2. The molecule has 3 aromatic rings. The fraction of sp³-hybridized carbons (Fsp3) is 0.167. The number of benzene rings is 2. The molecule has 6 nitrogen and oxygen atoms in total. The van der Waals surface area contributed by atoms with Gasteiger partial charge in [0.1, 0.15) is 10.1 Å². The second-order valence-electron chi connectivity index (χ2n) is 7.31. The molecule has 4 rings (SSSR count). The topological polar surface area (TPSA) is 71.5 Å². The SMILES string of the molecule is COc1ccccc1C=C1SC(=S)N(CCC(=O)Nc2ncc(Cc3ccc(Cl)cc3)s2)C1=O.